The quantitative estimate of drug-likeness (QED) is 0.0870. The van der Waals surface area contributed by atoms with Crippen LogP contribution in [0.2, 0.25) is 0 Å². The minimum atomic E-state index is -3.45. The lowest BCUT2D eigenvalue weighted by Crippen LogP contribution is -2.45. The molecule has 0 N–H and O–H groups in total. The predicted molar refractivity (Wildman–Crippen MR) is 166 cm³/mol. The van der Waals surface area contributed by atoms with Gasteiger partial charge >= 0.3 is 6.09 Å². The van der Waals surface area contributed by atoms with Gasteiger partial charge in [0.25, 0.3) is 0 Å². The molecule has 0 bridgehead atoms. The smallest absolute Gasteiger partial charge is 0.409 e. The summed E-state index contributed by atoms with van der Waals surface area (Å²) in [7, 11) is -1.73. The van der Waals surface area contributed by atoms with Crippen LogP contribution in [0.4, 0.5) is 4.79 Å². The van der Waals surface area contributed by atoms with E-state index in [0.29, 0.717) is 13.2 Å². The Balaban J connectivity index is 3.87. The molecule has 0 heterocycles. The fourth-order valence-electron chi connectivity index (χ4n) is 4.66. The van der Waals surface area contributed by atoms with Crippen molar-refractivity contribution in [1.29, 1.82) is 0 Å². The highest BCUT2D eigenvalue weighted by molar-refractivity contribution is 7.92. The summed E-state index contributed by atoms with van der Waals surface area (Å²) in [6.45, 7) is 7.05. The van der Waals surface area contributed by atoms with Gasteiger partial charge in [0.15, 0.2) is 9.84 Å². The van der Waals surface area contributed by atoms with E-state index in [1.807, 2.05) is 0 Å². The molecule has 0 fully saturated rings. The van der Waals surface area contributed by atoms with Crippen molar-refractivity contribution in [3.63, 3.8) is 0 Å². The van der Waals surface area contributed by atoms with Crippen molar-refractivity contribution < 1.29 is 22.7 Å². The lowest BCUT2D eigenvalue weighted by atomic mass is 10.0. The number of hydrogen-bond donors (Lipinski definition) is 0. The molecular weight excluding hydrogens is 510 g/mol. The molecule has 0 aliphatic heterocycles. The minimum Gasteiger partial charge on any atom is -0.448 e. The molecule has 0 saturated carbocycles. The van der Waals surface area contributed by atoms with E-state index < -0.39 is 20.7 Å². The molecule has 0 aromatic carbocycles. The van der Waals surface area contributed by atoms with Gasteiger partial charge in [0.1, 0.15) is 11.4 Å². The zero-order valence-electron chi connectivity index (χ0n) is 26.6. The maximum absolute atomic E-state index is 12.5. The largest absolute Gasteiger partial charge is 0.448 e. The molecule has 234 valence electrons. The number of carbonyl (C=O) groups is 1. The monoisotopic (exact) mass is 575 g/mol. The maximum Gasteiger partial charge on any atom is 0.409 e. The van der Waals surface area contributed by atoms with Gasteiger partial charge in [-0.25, -0.2) is 13.2 Å². The van der Waals surface area contributed by atoms with Crippen molar-refractivity contribution in [3.05, 3.63) is 0 Å². The van der Waals surface area contributed by atoms with Crippen LogP contribution in [0.25, 0.3) is 0 Å². The number of rotatable bonds is 28. The molecule has 0 saturated heterocycles. The number of unbranched alkanes of at least 4 members (excludes halogenated alkanes) is 19. The summed E-state index contributed by atoms with van der Waals surface area (Å²) < 4.78 is 34.6. The zero-order valence-corrected chi connectivity index (χ0v) is 27.4. The number of amides is 1. The third-order valence-corrected chi connectivity index (χ3v) is 9.88. The molecule has 1 amide bonds. The van der Waals surface area contributed by atoms with Crippen molar-refractivity contribution in [3.8, 4) is 0 Å². The summed E-state index contributed by atoms with van der Waals surface area (Å²) in [5.41, 5.74) is 0. The lowest BCUT2D eigenvalue weighted by Gasteiger charge is -2.28. The van der Waals surface area contributed by atoms with Crippen molar-refractivity contribution in [2.75, 3.05) is 39.7 Å². The van der Waals surface area contributed by atoms with E-state index >= 15 is 0 Å². The van der Waals surface area contributed by atoms with Crippen molar-refractivity contribution in [2.24, 2.45) is 0 Å². The first-order chi connectivity index (χ1) is 18.7. The first-order valence-corrected chi connectivity index (χ1v) is 18.2. The standard InChI is InChI=1S/C32H65NO5S/c1-6-8-10-12-13-14-15-16-17-18-19-20-21-22-23-25-27-33(4)31(34)38-30-32(3,39(5,35)36)29-37-28-26-24-11-9-7-2/h6-30H2,1-5H3. The molecule has 1 unspecified atom stereocenters. The first kappa shape index (κ1) is 38.2. The average Bonchev–Trinajstić information content (AvgIpc) is 2.90. The highest BCUT2D eigenvalue weighted by Crippen LogP contribution is 2.19. The maximum atomic E-state index is 12.5. The molecule has 0 radical (unpaired) electrons. The average molecular weight is 576 g/mol. The molecule has 0 aliphatic carbocycles. The molecule has 6 nitrogen and oxygen atoms in total. The Kier molecular flexibility index (Phi) is 24.4. The van der Waals surface area contributed by atoms with Crippen LogP contribution in [0.5, 0.6) is 0 Å². The fraction of sp³-hybridized carbons (Fsp3) is 0.969. The molecule has 39 heavy (non-hydrogen) atoms. The van der Waals surface area contributed by atoms with Gasteiger partial charge in [-0.15, -0.1) is 0 Å². The fourth-order valence-corrected chi connectivity index (χ4v) is 5.23. The van der Waals surface area contributed by atoms with Gasteiger partial charge in [0, 0.05) is 26.5 Å². The van der Waals surface area contributed by atoms with E-state index in [-0.39, 0.29) is 13.2 Å². The third-order valence-electron chi connectivity index (χ3n) is 7.85. The van der Waals surface area contributed by atoms with Gasteiger partial charge in [0.2, 0.25) is 0 Å². The molecule has 0 aromatic heterocycles. The van der Waals surface area contributed by atoms with Gasteiger partial charge in [-0.2, -0.15) is 0 Å². The van der Waals surface area contributed by atoms with Crippen LogP contribution in [0.15, 0.2) is 0 Å². The molecule has 7 heteroatoms. The Labute approximate surface area is 243 Å². The van der Waals surface area contributed by atoms with Gasteiger partial charge in [-0.3, -0.25) is 0 Å². The van der Waals surface area contributed by atoms with Gasteiger partial charge < -0.3 is 14.4 Å². The second kappa shape index (κ2) is 24.9. The van der Waals surface area contributed by atoms with Crippen LogP contribution < -0.4 is 0 Å². The van der Waals surface area contributed by atoms with Crippen molar-refractivity contribution in [2.45, 2.75) is 160 Å². The van der Waals surface area contributed by atoms with Crippen molar-refractivity contribution in [1.82, 2.24) is 4.90 Å². The minimum absolute atomic E-state index is 0.0374. The number of sulfone groups is 1. The summed E-state index contributed by atoms with van der Waals surface area (Å²) in [6, 6.07) is 0. The SMILES string of the molecule is CCCCCCCCCCCCCCCCCCN(C)C(=O)OCC(C)(COCCCCCCC)S(C)(=O)=O. The topological polar surface area (TPSA) is 72.9 Å². The molecular formula is C32H65NO5S. The van der Waals surface area contributed by atoms with E-state index in [1.54, 1.807) is 18.9 Å². The van der Waals surface area contributed by atoms with Crippen LogP contribution in [0, 0.1) is 0 Å². The summed E-state index contributed by atoms with van der Waals surface area (Å²) in [6.07, 6.45) is 27.4. The Morgan fingerprint density at radius 3 is 1.44 bits per heavy atom. The Hall–Kier alpha value is -0.820. The molecule has 0 spiro atoms. The number of nitrogens with zero attached hydrogens (tertiary/aromatic N) is 1. The van der Waals surface area contributed by atoms with Crippen LogP contribution in [0.3, 0.4) is 0 Å². The van der Waals surface area contributed by atoms with Crippen LogP contribution >= 0.6 is 0 Å². The number of carbonyl (C=O) groups excluding carboxylic acids is 1. The van der Waals surface area contributed by atoms with E-state index in [4.69, 9.17) is 9.47 Å². The Morgan fingerprint density at radius 2 is 1.03 bits per heavy atom. The highest BCUT2D eigenvalue weighted by atomic mass is 32.2. The van der Waals surface area contributed by atoms with Crippen molar-refractivity contribution >= 4 is 15.9 Å². The zero-order chi connectivity index (χ0) is 29.2. The Bertz CT molecular complexity index is 669. The van der Waals surface area contributed by atoms with Crippen LogP contribution in [-0.2, 0) is 19.3 Å². The number of ether oxygens (including phenoxy) is 2. The van der Waals surface area contributed by atoms with Gasteiger partial charge in [-0.05, 0) is 19.8 Å². The molecule has 0 aliphatic rings. The predicted octanol–water partition coefficient (Wildman–Crippen LogP) is 9.11. The first-order valence-electron chi connectivity index (χ1n) is 16.3. The van der Waals surface area contributed by atoms with Crippen LogP contribution in [0.1, 0.15) is 156 Å². The summed E-state index contributed by atoms with van der Waals surface area (Å²) >= 11 is 0. The van der Waals surface area contributed by atoms with E-state index in [1.165, 1.54) is 115 Å². The van der Waals surface area contributed by atoms with Gasteiger partial charge in [0.05, 0.1) is 6.61 Å². The highest BCUT2D eigenvalue weighted by Gasteiger charge is 2.38. The summed E-state index contributed by atoms with van der Waals surface area (Å²) in [5.74, 6) is 0. The van der Waals surface area contributed by atoms with E-state index in [9.17, 15) is 13.2 Å². The summed E-state index contributed by atoms with van der Waals surface area (Å²) in [4.78, 5) is 14.0. The molecule has 0 rings (SSSR count). The Morgan fingerprint density at radius 1 is 0.641 bits per heavy atom. The normalized spacial score (nSPS) is 13.4. The van der Waals surface area contributed by atoms with E-state index in [2.05, 4.69) is 13.8 Å². The lowest BCUT2D eigenvalue weighted by molar-refractivity contribution is 0.0634. The van der Waals surface area contributed by atoms with E-state index in [0.717, 1.165) is 25.7 Å². The van der Waals surface area contributed by atoms with Crippen LogP contribution in [-0.4, -0.2) is 63.8 Å². The summed E-state index contributed by atoms with van der Waals surface area (Å²) in [5, 5.41) is 0. The second-order valence-corrected chi connectivity index (χ2v) is 14.5. The molecule has 1 atom stereocenters. The number of hydrogen-bond acceptors (Lipinski definition) is 5. The molecule has 0 aromatic rings. The second-order valence-electron chi connectivity index (χ2n) is 12.0. The van der Waals surface area contributed by atoms with Gasteiger partial charge in [-0.1, -0.05) is 136 Å². The third kappa shape index (κ3) is 21.6.